The Morgan fingerprint density at radius 2 is 2.00 bits per heavy atom. The molecule has 0 saturated heterocycles. The first kappa shape index (κ1) is 12.9. The van der Waals surface area contributed by atoms with Crippen molar-refractivity contribution in [3.63, 3.8) is 0 Å². The van der Waals surface area contributed by atoms with Crippen LogP contribution in [0, 0.1) is 18.6 Å². The molecule has 0 aliphatic carbocycles. The van der Waals surface area contributed by atoms with Crippen LogP contribution < -0.4 is 4.74 Å². The fourth-order valence-electron chi connectivity index (χ4n) is 1.45. The van der Waals surface area contributed by atoms with Gasteiger partial charge in [0.1, 0.15) is 22.9 Å². The first-order valence-electron chi connectivity index (χ1n) is 5.30. The number of hydrogen-bond donors (Lipinski definition) is 1. The van der Waals surface area contributed by atoms with E-state index in [4.69, 9.17) is 9.84 Å². The number of aryl methyl sites for hydroxylation is 1. The number of ether oxygens (including phenoxy) is 1. The molecule has 1 aromatic heterocycles. The van der Waals surface area contributed by atoms with Gasteiger partial charge in [0.15, 0.2) is 0 Å². The van der Waals surface area contributed by atoms with Crippen LogP contribution in [0.2, 0.25) is 0 Å². The molecule has 1 aromatic carbocycles. The lowest BCUT2D eigenvalue weighted by Gasteiger charge is -2.09. The number of halogens is 2. The Labute approximate surface area is 107 Å². The van der Waals surface area contributed by atoms with Crippen molar-refractivity contribution in [1.29, 1.82) is 0 Å². The Kier molecular flexibility index (Phi) is 3.41. The van der Waals surface area contributed by atoms with Gasteiger partial charge in [-0.1, -0.05) is 6.07 Å². The summed E-state index contributed by atoms with van der Waals surface area (Å²) in [4.78, 5) is 14.5. The molecule has 19 heavy (non-hydrogen) atoms. The molecule has 6 heteroatoms. The first-order valence-corrected chi connectivity index (χ1v) is 5.30. The molecule has 0 radical (unpaired) electrons. The van der Waals surface area contributed by atoms with Crippen LogP contribution in [0.25, 0.3) is 0 Å². The molecule has 2 aromatic rings. The second kappa shape index (κ2) is 5.01. The summed E-state index contributed by atoms with van der Waals surface area (Å²) in [5, 5.41) is 8.93. The van der Waals surface area contributed by atoms with Crippen LogP contribution in [0.3, 0.4) is 0 Å². The molecule has 98 valence electrons. The van der Waals surface area contributed by atoms with Gasteiger partial charge in [-0.2, -0.15) is 0 Å². The van der Waals surface area contributed by atoms with E-state index in [1.54, 1.807) is 6.92 Å². The molecule has 0 spiro atoms. The number of aromatic carboxylic acids is 1. The van der Waals surface area contributed by atoms with Crippen LogP contribution in [0.5, 0.6) is 11.6 Å². The number of pyridine rings is 1. The molecular weight excluding hydrogens is 256 g/mol. The summed E-state index contributed by atoms with van der Waals surface area (Å²) >= 11 is 0. The van der Waals surface area contributed by atoms with Crippen molar-refractivity contribution >= 4 is 5.97 Å². The van der Waals surface area contributed by atoms with E-state index >= 15 is 0 Å². The van der Waals surface area contributed by atoms with E-state index in [1.165, 1.54) is 12.1 Å². The van der Waals surface area contributed by atoms with Crippen LogP contribution >= 0.6 is 0 Å². The van der Waals surface area contributed by atoms with Gasteiger partial charge >= 0.3 is 5.97 Å². The molecule has 0 aliphatic heterocycles. The van der Waals surface area contributed by atoms with Crippen LogP contribution in [0.4, 0.5) is 8.78 Å². The number of benzene rings is 1. The number of carbonyl (C=O) groups is 1. The van der Waals surface area contributed by atoms with Crippen molar-refractivity contribution in [2.75, 3.05) is 0 Å². The topological polar surface area (TPSA) is 59.4 Å². The van der Waals surface area contributed by atoms with Crippen molar-refractivity contribution in [1.82, 2.24) is 4.98 Å². The van der Waals surface area contributed by atoms with Gasteiger partial charge in [-0.15, -0.1) is 0 Å². The SMILES string of the molecule is Cc1ccc(F)cc1Oc1ncc(F)cc1C(=O)O. The maximum Gasteiger partial charge on any atom is 0.341 e. The molecule has 1 N–H and O–H groups in total. The van der Waals surface area contributed by atoms with Gasteiger partial charge in [0.25, 0.3) is 0 Å². The standard InChI is InChI=1S/C13H9F2NO3/c1-7-2-3-8(14)5-11(7)19-12-10(13(17)18)4-9(15)6-16-12/h2-6H,1H3,(H,17,18). The van der Waals surface area contributed by atoms with Crippen molar-refractivity contribution in [2.45, 2.75) is 6.92 Å². The average molecular weight is 265 g/mol. The number of nitrogens with zero attached hydrogens (tertiary/aromatic N) is 1. The Hall–Kier alpha value is -2.50. The second-order valence-corrected chi connectivity index (χ2v) is 3.82. The fraction of sp³-hybridized carbons (Fsp3) is 0.0769. The number of rotatable bonds is 3. The maximum absolute atomic E-state index is 13.1. The number of aromatic nitrogens is 1. The molecule has 0 bridgehead atoms. The lowest BCUT2D eigenvalue weighted by Crippen LogP contribution is -2.03. The van der Waals surface area contributed by atoms with Crippen molar-refractivity contribution < 1.29 is 23.4 Å². The highest BCUT2D eigenvalue weighted by Gasteiger charge is 2.16. The molecule has 2 rings (SSSR count). The third-order valence-corrected chi connectivity index (χ3v) is 2.41. The number of carboxylic acids is 1. The van der Waals surface area contributed by atoms with E-state index in [0.29, 0.717) is 5.56 Å². The normalized spacial score (nSPS) is 10.3. The highest BCUT2D eigenvalue weighted by molar-refractivity contribution is 5.90. The van der Waals surface area contributed by atoms with E-state index in [9.17, 15) is 13.6 Å². The van der Waals surface area contributed by atoms with Crippen molar-refractivity contribution in [2.24, 2.45) is 0 Å². The Morgan fingerprint density at radius 3 is 2.68 bits per heavy atom. The molecule has 1 heterocycles. The zero-order valence-electron chi connectivity index (χ0n) is 9.85. The predicted octanol–water partition coefficient (Wildman–Crippen LogP) is 3.16. The maximum atomic E-state index is 13.1. The Morgan fingerprint density at radius 1 is 1.26 bits per heavy atom. The molecule has 0 saturated carbocycles. The summed E-state index contributed by atoms with van der Waals surface area (Å²) in [5.41, 5.74) is 0.174. The van der Waals surface area contributed by atoms with E-state index in [2.05, 4.69) is 4.98 Å². The molecule has 0 fully saturated rings. The third-order valence-electron chi connectivity index (χ3n) is 2.41. The van der Waals surface area contributed by atoms with Gasteiger partial charge in [-0.05, 0) is 24.6 Å². The molecule has 0 amide bonds. The lowest BCUT2D eigenvalue weighted by atomic mass is 10.2. The lowest BCUT2D eigenvalue weighted by molar-refractivity contribution is 0.0692. The highest BCUT2D eigenvalue weighted by atomic mass is 19.1. The van der Waals surface area contributed by atoms with E-state index in [1.807, 2.05) is 0 Å². The number of hydrogen-bond acceptors (Lipinski definition) is 3. The summed E-state index contributed by atoms with van der Waals surface area (Å²) in [6, 6.07) is 4.62. The van der Waals surface area contributed by atoms with Gasteiger partial charge in [0.05, 0.1) is 6.20 Å². The highest BCUT2D eigenvalue weighted by Crippen LogP contribution is 2.27. The molecule has 0 aliphatic rings. The van der Waals surface area contributed by atoms with Gasteiger partial charge in [0, 0.05) is 6.07 Å². The summed E-state index contributed by atoms with van der Waals surface area (Å²) in [5.74, 6) is -2.86. The summed E-state index contributed by atoms with van der Waals surface area (Å²) in [7, 11) is 0. The van der Waals surface area contributed by atoms with E-state index in [0.717, 1.165) is 18.3 Å². The van der Waals surface area contributed by atoms with Crippen molar-refractivity contribution in [3.05, 3.63) is 53.2 Å². The van der Waals surface area contributed by atoms with Gasteiger partial charge < -0.3 is 9.84 Å². The predicted molar refractivity (Wildman–Crippen MR) is 62.4 cm³/mol. The van der Waals surface area contributed by atoms with Crippen LogP contribution in [-0.2, 0) is 0 Å². The van der Waals surface area contributed by atoms with Gasteiger partial charge in [0.2, 0.25) is 5.88 Å². The quantitative estimate of drug-likeness (QED) is 0.926. The van der Waals surface area contributed by atoms with E-state index in [-0.39, 0.29) is 11.6 Å². The third kappa shape index (κ3) is 2.85. The molecule has 0 atom stereocenters. The van der Waals surface area contributed by atoms with Crippen LogP contribution in [-0.4, -0.2) is 16.1 Å². The second-order valence-electron chi connectivity index (χ2n) is 3.82. The number of carboxylic acid groups (broad SMARTS) is 1. The summed E-state index contributed by atoms with van der Waals surface area (Å²) in [6.45, 7) is 1.67. The summed E-state index contributed by atoms with van der Waals surface area (Å²) < 4.78 is 31.3. The minimum atomic E-state index is -1.38. The first-order chi connectivity index (χ1) is 8.97. The van der Waals surface area contributed by atoms with Gasteiger partial charge in [-0.25, -0.2) is 18.6 Å². The fourth-order valence-corrected chi connectivity index (χ4v) is 1.45. The smallest absolute Gasteiger partial charge is 0.341 e. The minimum absolute atomic E-state index is 0.126. The molecular formula is C13H9F2NO3. The molecule has 0 unspecified atom stereocenters. The Balaban J connectivity index is 2.43. The van der Waals surface area contributed by atoms with Crippen LogP contribution in [0.1, 0.15) is 15.9 Å². The molecule has 4 nitrogen and oxygen atoms in total. The average Bonchev–Trinajstić information content (AvgIpc) is 2.35. The Bertz CT molecular complexity index is 644. The van der Waals surface area contributed by atoms with Crippen molar-refractivity contribution in [3.8, 4) is 11.6 Å². The van der Waals surface area contributed by atoms with E-state index < -0.39 is 23.2 Å². The summed E-state index contributed by atoms with van der Waals surface area (Å²) in [6.07, 6.45) is 0.830. The minimum Gasteiger partial charge on any atom is -0.477 e. The zero-order chi connectivity index (χ0) is 14.0. The zero-order valence-corrected chi connectivity index (χ0v) is 9.85. The monoisotopic (exact) mass is 265 g/mol. The van der Waals surface area contributed by atoms with Gasteiger partial charge in [-0.3, -0.25) is 0 Å². The largest absolute Gasteiger partial charge is 0.477 e. The van der Waals surface area contributed by atoms with Crippen LogP contribution in [0.15, 0.2) is 30.5 Å².